The van der Waals surface area contributed by atoms with E-state index in [-0.39, 0.29) is 5.91 Å². The summed E-state index contributed by atoms with van der Waals surface area (Å²) in [5, 5.41) is 1.14. The molecule has 29 heavy (non-hydrogen) atoms. The van der Waals surface area contributed by atoms with E-state index in [1.807, 2.05) is 53.8 Å². The molecule has 2 aromatic carbocycles. The van der Waals surface area contributed by atoms with Crippen LogP contribution in [-0.4, -0.2) is 31.9 Å². The van der Waals surface area contributed by atoms with Gasteiger partial charge in [0.2, 0.25) is 5.91 Å². The first-order valence-electron chi connectivity index (χ1n) is 10.1. The Morgan fingerprint density at radius 3 is 2.66 bits per heavy atom. The second kappa shape index (κ2) is 9.24. The summed E-state index contributed by atoms with van der Waals surface area (Å²) < 4.78 is 2.08. The van der Waals surface area contributed by atoms with Gasteiger partial charge in [0.25, 0.3) is 0 Å². The van der Waals surface area contributed by atoms with E-state index in [1.165, 1.54) is 0 Å². The molecule has 4 aromatic rings. The van der Waals surface area contributed by atoms with Crippen molar-refractivity contribution in [3.63, 3.8) is 0 Å². The molecule has 2 aromatic heterocycles. The number of imidazole rings is 1. The lowest BCUT2D eigenvalue weighted by Gasteiger charge is -2.23. The first-order valence-corrected chi connectivity index (χ1v) is 10.1. The van der Waals surface area contributed by atoms with Gasteiger partial charge in [0.15, 0.2) is 0 Å². The maximum absolute atomic E-state index is 13.1. The number of amides is 1. The number of hydrogen-bond acceptors (Lipinski definition) is 2. The van der Waals surface area contributed by atoms with Crippen molar-refractivity contribution in [1.82, 2.24) is 19.4 Å². The van der Waals surface area contributed by atoms with Gasteiger partial charge in [-0.3, -0.25) is 4.79 Å². The number of nitrogens with zero attached hydrogens (tertiary/aromatic N) is 3. The van der Waals surface area contributed by atoms with Crippen molar-refractivity contribution in [3.05, 3.63) is 90.6 Å². The summed E-state index contributed by atoms with van der Waals surface area (Å²) in [4.78, 5) is 22.5. The van der Waals surface area contributed by atoms with E-state index in [2.05, 4.69) is 38.8 Å². The van der Waals surface area contributed by atoms with Gasteiger partial charge in [-0.15, -0.1) is 0 Å². The third-order valence-corrected chi connectivity index (χ3v) is 5.15. The monoisotopic (exact) mass is 386 g/mol. The molecule has 0 radical (unpaired) electrons. The van der Waals surface area contributed by atoms with Crippen molar-refractivity contribution in [2.75, 3.05) is 6.54 Å². The number of hydrogen-bond donors (Lipinski definition) is 1. The first kappa shape index (κ1) is 19.0. The minimum absolute atomic E-state index is 0.156. The molecule has 0 atom stereocenters. The van der Waals surface area contributed by atoms with Gasteiger partial charge in [0.1, 0.15) is 0 Å². The zero-order valence-electron chi connectivity index (χ0n) is 16.5. The molecule has 5 nitrogen and oxygen atoms in total. The zero-order chi connectivity index (χ0) is 19.9. The summed E-state index contributed by atoms with van der Waals surface area (Å²) in [6, 6.07) is 20.4. The first-order chi connectivity index (χ1) is 14.3. The number of aromatic amines is 1. The van der Waals surface area contributed by atoms with Crippen LogP contribution in [0.4, 0.5) is 0 Å². The minimum atomic E-state index is 0.156. The number of H-pyrrole nitrogens is 1. The molecule has 0 spiro atoms. The highest BCUT2D eigenvalue weighted by molar-refractivity contribution is 5.84. The Morgan fingerprint density at radius 1 is 1.03 bits per heavy atom. The quantitative estimate of drug-likeness (QED) is 0.433. The van der Waals surface area contributed by atoms with Crippen molar-refractivity contribution in [3.8, 4) is 0 Å². The topological polar surface area (TPSA) is 53.9 Å². The van der Waals surface area contributed by atoms with Crippen LogP contribution in [0.2, 0.25) is 0 Å². The number of carbonyl (C=O) groups excluding carboxylic acids is 1. The third kappa shape index (κ3) is 5.13. The van der Waals surface area contributed by atoms with Crippen LogP contribution in [0.25, 0.3) is 10.9 Å². The number of fused-ring (bicyclic) bond motifs is 1. The molecule has 4 rings (SSSR count). The van der Waals surface area contributed by atoms with Crippen LogP contribution in [0.5, 0.6) is 0 Å². The number of unbranched alkanes of at least 4 members (excludes halogenated alkanes) is 1. The molecule has 0 aliphatic rings. The van der Waals surface area contributed by atoms with E-state index < -0.39 is 0 Å². The molecule has 5 heteroatoms. The molecule has 148 valence electrons. The average molecular weight is 386 g/mol. The zero-order valence-corrected chi connectivity index (χ0v) is 16.5. The standard InChI is InChI=1S/C24H26N4O/c29-24(17-22-16-21-10-4-5-11-23(21)26-22)28(18-20-8-2-1-3-9-20)14-7-6-13-27-15-12-25-19-27/h1-5,8-12,15-16,19,26H,6-7,13-14,17-18H2. The van der Waals surface area contributed by atoms with E-state index >= 15 is 0 Å². The van der Waals surface area contributed by atoms with Crippen molar-refractivity contribution in [2.24, 2.45) is 0 Å². The highest BCUT2D eigenvalue weighted by Gasteiger charge is 2.15. The van der Waals surface area contributed by atoms with Crippen molar-refractivity contribution in [2.45, 2.75) is 32.4 Å². The highest BCUT2D eigenvalue weighted by Crippen LogP contribution is 2.16. The van der Waals surface area contributed by atoms with E-state index in [9.17, 15) is 4.79 Å². The molecular formula is C24H26N4O. The van der Waals surface area contributed by atoms with Gasteiger partial charge in [0.05, 0.1) is 12.7 Å². The molecule has 1 amide bonds. The second-order valence-electron chi connectivity index (χ2n) is 7.37. The third-order valence-electron chi connectivity index (χ3n) is 5.15. The number of carbonyl (C=O) groups is 1. The maximum atomic E-state index is 13.1. The number of aryl methyl sites for hydroxylation is 1. The predicted molar refractivity (Wildman–Crippen MR) is 115 cm³/mol. The summed E-state index contributed by atoms with van der Waals surface area (Å²) in [7, 11) is 0. The van der Waals surface area contributed by atoms with Crippen molar-refractivity contribution in [1.29, 1.82) is 0 Å². The Bertz CT molecular complexity index is 1000. The van der Waals surface area contributed by atoms with Crippen LogP contribution < -0.4 is 0 Å². The van der Waals surface area contributed by atoms with Crippen molar-refractivity contribution < 1.29 is 4.79 Å². The molecule has 0 bridgehead atoms. The van der Waals surface area contributed by atoms with Gasteiger partial charge in [-0.05, 0) is 35.9 Å². The minimum Gasteiger partial charge on any atom is -0.358 e. The molecular weight excluding hydrogens is 360 g/mol. The van der Waals surface area contributed by atoms with Crippen LogP contribution >= 0.6 is 0 Å². The Balaban J connectivity index is 1.40. The van der Waals surface area contributed by atoms with E-state index in [0.29, 0.717) is 13.0 Å². The number of benzene rings is 2. The number of nitrogens with one attached hydrogen (secondary N) is 1. The lowest BCUT2D eigenvalue weighted by molar-refractivity contribution is -0.131. The highest BCUT2D eigenvalue weighted by atomic mass is 16.2. The molecule has 0 saturated heterocycles. The fraction of sp³-hybridized carbons (Fsp3) is 0.250. The van der Waals surface area contributed by atoms with E-state index in [4.69, 9.17) is 0 Å². The van der Waals surface area contributed by atoms with E-state index in [1.54, 1.807) is 6.20 Å². The molecule has 0 aliphatic carbocycles. The fourth-order valence-corrected chi connectivity index (χ4v) is 3.62. The van der Waals surface area contributed by atoms with Gasteiger partial charge in [-0.2, -0.15) is 0 Å². The number of rotatable bonds is 9. The summed E-state index contributed by atoms with van der Waals surface area (Å²) in [5.74, 6) is 0.156. The molecule has 0 fully saturated rings. The molecule has 2 heterocycles. The SMILES string of the molecule is O=C(Cc1cc2ccccc2[nH]1)N(CCCCn1ccnc1)Cc1ccccc1. The van der Waals surface area contributed by atoms with Gasteiger partial charge in [-0.25, -0.2) is 4.98 Å². The molecule has 1 N–H and O–H groups in total. The van der Waals surface area contributed by atoms with E-state index in [0.717, 1.165) is 48.1 Å². The van der Waals surface area contributed by atoms with Crippen LogP contribution in [0, 0.1) is 0 Å². The van der Waals surface area contributed by atoms with Crippen LogP contribution in [0.3, 0.4) is 0 Å². The summed E-state index contributed by atoms with van der Waals surface area (Å²) in [5.41, 5.74) is 3.20. The summed E-state index contributed by atoms with van der Waals surface area (Å²) in [6.07, 6.45) is 7.98. The Hall–Kier alpha value is -3.34. The summed E-state index contributed by atoms with van der Waals surface area (Å²) >= 11 is 0. The van der Waals surface area contributed by atoms with Crippen molar-refractivity contribution >= 4 is 16.8 Å². The van der Waals surface area contributed by atoms with Gasteiger partial charge < -0.3 is 14.5 Å². The van der Waals surface area contributed by atoms with Gasteiger partial charge in [0, 0.05) is 43.2 Å². The lowest BCUT2D eigenvalue weighted by atomic mass is 10.1. The molecule has 0 aliphatic heterocycles. The smallest absolute Gasteiger partial charge is 0.228 e. The maximum Gasteiger partial charge on any atom is 0.228 e. The van der Waals surface area contributed by atoms with Crippen LogP contribution in [0.15, 0.2) is 79.4 Å². The predicted octanol–water partition coefficient (Wildman–Crippen LogP) is 4.42. The Kier molecular flexibility index (Phi) is 6.05. The lowest BCUT2D eigenvalue weighted by Crippen LogP contribution is -2.33. The van der Waals surface area contributed by atoms with Gasteiger partial charge in [-0.1, -0.05) is 48.5 Å². The number of aromatic nitrogens is 3. The fourth-order valence-electron chi connectivity index (χ4n) is 3.62. The largest absolute Gasteiger partial charge is 0.358 e. The van der Waals surface area contributed by atoms with Crippen LogP contribution in [-0.2, 0) is 24.3 Å². The summed E-state index contributed by atoms with van der Waals surface area (Å²) in [6.45, 7) is 2.32. The Labute approximate surface area is 171 Å². The number of para-hydroxylation sites is 1. The Morgan fingerprint density at radius 2 is 1.86 bits per heavy atom. The van der Waals surface area contributed by atoms with Crippen LogP contribution in [0.1, 0.15) is 24.1 Å². The van der Waals surface area contributed by atoms with Gasteiger partial charge >= 0.3 is 0 Å². The average Bonchev–Trinajstić information content (AvgIpc) is 3.40. The normalized spacial score (nSPS) is 11.0. The second-order valence-corrected chi connectivity index (χ2v) is 7.37. The molecule has 0 saturated carbocycles. The molecule has 0 unspecified atom stereocenters.